The minimum Gasteiger partial charge on any atom is -0.545 e. The molecule has 1 unspecified atom stereocenters. The smallest absolute Gasteiger partial charge is 0.123 e. The molecule has 1 N–H and O–H groups in total. The van der Waals surface area contributed by atoms with Gasteiger partial charge < -0.3 is 23.7 Å². The van der Waals surface area contributed by atoms with Crippen molar-refractivity contribution in [3.8, 4) is 5.75 Å². The average Bonchev–Trinajstić information content (AvgIpc) is 3.01. The van der Waals surface area contributed by atoms with Gasteiger partial charge in [-0.2, -0.15) is 0 Å². The molecule has 5 nitrogen and oxygen atoms in total. The maximum Gasteiger partial charge on any atom is 0.123 e. The molecule has 0 spiro atoms. The highest BCUT2D eigenvalue weighted by atomic mass is 32.2. The Hall–Kier alpha value is -3.58. The van der Waals surface area contributed by atoms with Crippen molar-refractivity contribution in [2.24, 2.45) is 0 Å². The number of methoxy groups -OCH3 is 1. The van der Waals surface area contributed by atoms with Gasteiger partial charge in [-0.05, 0) is 55.2 Å². The number of aromatic carboxylic acids is 1. The molecule has 4 aromatic rings. The van der Waals surface area contributed by atoms with Crippen LogP contribution in [-0.4, -0.2) is 32.7 Å². The first-order chi connectivity index (χ1) is 19.5. The van der Waals surface area contributed by atoms with Gasteiger partial charge in [-0.15, -0.1) is 0 Å². The summed E-state index contributed by atoms with van der Waals surface area (Å²) in [5, 5.41) is 11.8. The van der Waals surface area contributed by atoms with Crippen LogP contribution in [0.2, 0.25) is 0 Å². The standard InChI is InChI=1S/C28H24O4S.C6H15N/c1-31-23-18-16-20(17-19-23)26(24-14-8-9-15-25(24)28(29)30)32-33-27(21-10-4-2-5-11-21)22-12-6-3-7-13-22;1-4-7(5-2)6-3/h2-19,26-27H,1H3,(H,29,30);4-6H2,1-3H3. The van der Waals surface area contributed by atoms with E-state index in [2.05, 4.69) is 45.0 Å². The Morgan fingerprint density at radius 2 is 1.23 bits per heavy atom. The molecule has 0 amide bonds. The van der Waals surface area contributed by atoms with Crippen molar-refractivity contribution in [1.29, 1.82) is 0 Å². The molecule has 40 heavy (non-hydrogen) atoms. The SMILES string of the molecule is CC[NH+](CC)CC.COc1ccc(C(OSC(c2ccccc2)c2ccccc2)c2ccccc2C(=O)[O-])cc1. The average molecular weight is 558 g/mol. The Kier molecular flexibility index (Phi) is 12.8. The fourth-order valence-corrected chi connectivity index (χ4v) is 5.37. The zero-order chi connectivity index (χ0) is 28.7. The van der Waals surface area contributed by atoms with E-state index in [1.54, 1.807) is 36.3 Å². The van der Waals surface area contributed by atoms with E-state index in [-0.39, 0.29) is 10.8 Å². The van der Waals surface area contributed by atoms with Crippen molar-refractivity contribution in [3.63, 3.8) is 0 Å². The zero-order valence-corrected chi connectivity index (χ0v) is 24.5. The van der Waals surface area contributed by atoms with Gasteiger partial charge in [0.1, 0.15) is 11.9 Å². The van der Waals surface area contributed by atoms with Crippen LogP contribution in [0.25, 0.3) is 0 Å². The van der Waals surface area contributed by atoms with Gasteiger partial charge in [0.25, 0.3) is 0 Å². The van der Waals surface area contributed by atoms with Crippen LogP contribution in [0.1, 0.15) is 64.7 Å². The fourth-order valence-electron chi connectivity index (χ4n) is 4.40. The Morgan fingerprint density at radius 1 is 0.725 bits per heavy atom. The quantitative estimate of drug-likeness (QED) is 0.232. The number of rotatable bonds is 12. The third-order valence-electron chi connectivity index (χ3n) is 6.83. The van der Waals surface area contributed by atoms with Crippen molar-refractivity contribution in [3.05, 3.63) is 137 Å². The summed E-state index contributed by atoms with van der Waals surface area (Å²) < 4.78 is 11.7. The van der Waals surface area contributed by atoms with Crippen LogP contribution in [0.15, 0.2) is 109 Å². The first-order valence-electron chi connectivity index (χ1n) is 13.7. The van der Waals surface area contributed by atoms with Crippen molar-refractivity contribution < 1.29 is 23.7 Å². The van der Waals surface area contributed by atoms with E-state index in [1.165, 1.54) is 31.7 Å². The highest BCUT2D eigenvalue weighted by Gasteiger charge is 2.23. The first kappa shape index (κ1) is 31.0. The summed E-state index contributed by atoms with van der Waals surface area (Å²) in [6.45, 7) is 10.5. The molecule has 1 atom stereocenters. The number of nitrogens with one attached hydrogen (secondary N) is 1. The number of carboxylic acids is 1. The van der Waals surface area contributed by atoms with Gasteiger partial charge in [-0.3, -0.25) is 0 Å². The number of carbonyl (C=O) groups is 1. The van der Waals surface area contributed by atoms with Crippen LogP contribution in [0.3, 0.4) is 0 Å². The molecule has 0 bridgehead atoms. The van der Waals surface area contributed by atoms with Gasteiger partial charge in [-0.25, -0.2) is 0 Å². The van der Waals surface area contributed by atoms with E-state index in [0.717, 1.165) is 16.7 Å². The van der Waals surface area contributed by atoms with Crippen molar-refractivity contribution in [2.45, 2.75) is 32.1 Å². The molecular weight excluding hydrogens is 518 g/mol. The highest BCUT2D eigenvalue weighted by molar-refractivity contribution is 7.95. The lowest BCUT2D eigenvalue weighted by atomic mass is 9.97. The fraction of sp³-hybridized carbons (Fsp3) is 0.265. The number of quaternary nitrogens is 1. The molecule has 0 aliphatic heterocycles. The number of carbonyl (C=O) groups excluding carboxylic acids is 1. The molecule has 0 saturated carbocycles. The number of ether oxygens (including phenoxy) is 1. The molecule has 0 heterocycles. The van der Waals surface area contributed by atoms with E-state index < -0.39 is 12.1 Å². The minimum absolute atomic E-state index is 0.0942. The second-order valence-electron chi connectivity index (χ2n) is 9.23. The Morgan fingerprint density at radius 3 is 1.68 bits per heavy atom. The lowest BCUT2D eigenvalue weighted by Gasteiger charge is -2.24. The zero-order valence-electron chi connectivity index (χ0n) is 23.7. The van der Waals surface area contributed by atoms with E-state index in [9.17, 15) is 9.90 Å². The van der Waals surface area contributed by atoms with Gasteiger partial charge in [0.2, 0.25) is 0 Å². The summed E-state index contributed by atoms with van der Waals surface area (Å²) in [4.78, 5) is 13.5. The molecule has 0 aliphatic carbocycles. The predicted molar refractivity (Wildman–Crippen MR) is 162 cm³/mol. The van der Waals surface area contributed by atoms with Crippen molar-refractivity contribution in [2.75, 3.05) is 26.7 Å². The molecule has 0 radical (unpaired) electrons. The van der Waals surface area contributed by atoms with Crippen LogP contribution >= 0.6 is 12.0 Å². The summed E-state index contributed by atoms with van der Waals surface area (Å²) in [5.74, 6) is -0.523. The van der Waals surface area contributed by atoms with Gasteiger partial charge in [0, 0.05) is 17.6 Å². The molecular formula is C34H39NO4S. The maximum absolute atomic E-state index is 11.8. The van der Waals surface area contributed by atoms with Crippen LogP contribution in [-0.2, 0) is 4.18 Å². The Balaban J connectivity index is 0.000000559. The summed E-state index contributed by atoms with van der Waals surface area (Å²) in [5.41, 5.74) is 3.65. The predicted octanol–water partition coefficient (Wildman–Crippen LogP) is 5.53. The lowest BCUT2D eigenvalue weighted by molar-refractivity contribution is -0.894. The molecule has 4 rings (SSSR count). The third-order valence-corrected chi connectivity index (χ3v) is 7.87. The van der Waals surface area contributed by atoms with Crippen molar-refractivity contribution in [1.82, 2.24) is 0 Å². The van der Waals surface area contributed by atoms with Gasteiger partial charge >= 0.3 is 0 Å². The molecule has 0 aliphatic rings. The Labute approximate surface area is 243 Å². The van der Waals surface area contributed by atoms with Crippen LogP contribution in [0, 0.1) is 0 Å². The monoisotopic (exact) mass is 557 g/mol. The topological polar surface area (TPSA) is 63.0 Å². The number of benzene rings is 4. The molecule has 0 aromatic heterocycles. The van der Waals surface area contributed by atoms with E-state index in [0.29, 0.717) is 11.3 Å². The van der Waals surface area contributed by atoms with Gasteiger partial charge in [0.05, 0.1) is 38.0 Å². The summed E-state index contributed by atoms with van der Waals surface area (Å²) in [7, 11) is 1.61. The number of hydrogen-bond acceptors (Lipinski definition) is 5. The molecule has 4 aromatic carbocycles. The summed E-state index contributed by atoms with van der Waals surface area (Å²) >= 11 is 1.31. The first-order valence-corrected chi connectivity index (χ1v) is 14.5. The largest absolute Gasteiger partial charge is 0.545 e. The number of hydrogen-bond donors (Lipinski definition) is 1. The normalized spacial score (nSPS) is 11.6. The lowest BCUT2D eigenvalue weighted by Crippen LogP contribution is -3.11. The summed E-state index contributed by atoms with van der Waals surface area (Å²) in [6, 6.07) is 34.4. The second-order valence-corrected chi connectivity index (χ2v) is 10.1. The molecule has 0 fully saturated rings. The van der Waals surface area contributed by atoms with Gasteiger partial charge in [0.15, 0.2) is 0 Å². The Bertz CT molecular complexity index is 1230. The maximum atomic E-state index is 11.8. The molecule has 210 valence electrons. The van der Waals surface area contributed by atoms with Crippen molar-refractivity contribution >= 4 is 18.0 Å². The van der Waals surface area contributed by atoms with E-state index in [4.69, 9.17) is 8.92 Å². The van der Waals surface area contributed by atoms with E-state index >= 15 is 0 Å². The highest BCUT2D eigenvalue weighted by Crippen LogP contribution is 2.42. The minimum atomic E-state index is -1.24. The van der Waals surface area contributed by atoms with E-state index in [1.807, 2.05) is 60.7 Å². The molecule has 6 heteroatoms. The number of carboxylic acid groups (broad SMARTS) is 1. The van der Waals surface area contributed by atoms with Crippen LogP contribution in [0.4, 0.5) is 0 Å². The van der Waals surface area contributed by atoms with Gasteiger partial charge in [-0.1, -0.05) is 97.1 Å². The molecule has 0 saturated heterocycles. The third kappa shape index (κ3) is 8.71. The second kappa shape index (κ2) is 16.5. The van der Waals surface area contributed by atoms with Crippen LogP contribution in [0.5, 0.6) is 5.75 Å². The van der Waals surface area contributed by atoms with Crippen LogP contribution < -0.4 is 14.7 Å². The summed E-state index contributed by atoms with van der Waals surface area (Å²) in [6.07, 6.45) is -0.620.